The number of hydrogen-bond donors (Lipinski definition) is 6. The molecule has 4 saturated carbocycles. The maximum Gasteiger partial charge on any atom is 0.421 e. The number of rotatable bonds is 22. The lowest BCUT2D eigenvalue weighted by Gasteiger charge is -2.37. The molecule has 34 heteroatoms. The lowest BCUT2D eigenvalue weighted by atomic mass is 9.82. The number of alkyl halides is 15. The molecule has 1 aliphatic heterocycles. The van der Waals surface area contributed by atoms with Gasteiger partial charge in [-0.05, 0) is 305 Å². The van der Waals surface area contributed by atoms with E-state index in [-0.39, 0.29) is 105 Å². The molecule has 5 fully saturated rings. The van der Waals surface area contributed by atoms with Gasteiger partial charge in [0.25, 0.3) is 29.5 Å². The second kappa shape index (κ2) is 45.2. The Hall–Kier alpha value is -10.8. The molecule has 0 bridgehead atoms. The van der Waals surface area contributed by atoms with E-state index in [1.165, 1.54) is 114 Å². The average molecular weight is 1920 g/mol. The van der Waals surface area contributed by atoms with Gasteiger partial charge in [0.05, 0.1) is 5.56 Å². The van der Waals surface area contributed by atoms with Crippen molar-refractivity contribution in [3.8, 4) is 0 Å². The molecule has 5 aliphatic rings. The first kappa shape index (κ1) is 109. The average Bonchev–Trinajstić information content (AvgIpc) is 1.39. The van der Waals surface area contributed by atoms with E-state index in [1.54, 1.807) is 60.2 Å². The highest BCUT2D eigenvalue weighted by Gasteiger charge is 2.56. The van der Waals surface area contributed by atoms with Gasteiger partial charge >= 0.3 is 36.9 Å². The van der Waals surface area contributed by atoms with Crippen LogP contribution < -0.4 is 0 Å². The van der Waals surface area contributed by atoms with Gasteiger partial charge in [-0.15, -0.1) is 0 Å². The topological polar surface area (TPSA) is 266 Å². The number of hydrogen-bond acceptors (Lipinski definition) is 13. The number of likely N-dealkylation sites (tertiary alicyclic amines) is 1. The number of pyridine rings is 2. The van der Waals surface area contributed by atoms with Crippen LogP contribution in [-0.2, 0) is 34.6 Å². The zero-order valence-corrected chi connectivity index (χ0v) is 77.6. The summed E-state index contributed by atoms with van der Waals surface area (Å²) in [6.07, 6.45) is 2.31. The minimum absolute atomic E-state index is 0.0911. The first-order chi connectivity index (χ1) is 63.5. The molecule has 740 valence electrons. The zero-order valence-electron chi connectivity index (χ0n) is 77.6. The minimum Gasteiger partial charge on any atom is -0.478 e. The van der Waals surface area contributed by atoms with E-state index in [0.717, 1.165) is 176 Å². The lowest BCUT2D eigenvalue weighted by molar-refractivity contribution is -0.259. The Kier molecular flexibility index (Phi) is 36.2. The Morgan fingerprint density at radius 3 is 0.963 bits per heavy atom. The number of carbonyl (C=O) groups is 6. The van der Waals surface area contributed by atoms with Gasteiger partial charge in [0.15, 0.2) is 28.0 Å². The maximum atomic E-state index is 13.1. The Labute approximate surface area is 782 Å². The van der Waals surface area contributed by atoms with E-state index in [0.29, 0.717) is 74.9 Å². The molecule has 1 saturated heterocycles. The molecule has 4 aliphatic carbocycles. The zero-order chi connectivity index (χ0) is 101. The largest absolute Gasteiger partial charge is 0.478 e. The maximum absolute atomic E-state index is 13.1. The molecule has 6 atom stereocenters. The summed E-state index contributed by atoms with van der Waals surface area (Å²) in [5.74, 6) is -0.542. The number of carboxylic acids is 1. The minimum atomic E-state index is -4.84. The Morgan fingerprint density at radius 1 is 0.375 bits per heavy atom. The summed E-state index contributed by atoms with van der Waals surface area (Å²) in [6.45, 7) is 10.7. The number of carbonyl (C=O) groups excluding carboxylic acids is 5. The van der Waals surface area contributed by atoms with E-state index >= 15 is 0 Å². The highest BCUT2D eigenvalue weighted by atomic mass is 19.4. The van der Waals surface area contributed by atoms with Crippen LogP contribution in [0.15, 0.2) is 195 Å². The third-order valence-corrected chi connectivity index (χ3v) is 27.1. The number of benzene rings is 6. The van der Waals surface area contributed by atoms with E-state index in [9.17, 15) is 120 Å². The molecule has 0 radical (unpaired) electrons. The smallest absolute Gasteiger partial charge is 0.421 e. The SMILES string of the molecule is CCCC1CCC(N(C(=O)c2ccc([C@](C)(O)C(F)(F)F)cc2)C2CC2)CC1.CCN(Cc1ccc(C(=O)O)cc1)C(=O)c1ccc(C(C)(O)C(F)(F)F)cc1.CN(C(=O)c1ccc([C@](C)(O)C(F)(F)F)cc1)C1CCC(c2cccnc2)CC1.CN(C(=O)c1ccc([C@](C)(O)C(F)(F)F)cc1)C1CCC(c2cccnc2)CC1.C[C@@H]1CCCCN1C(=O)c1ccc([C@](C)(O)C(F)(F)F)cc1. The molecule has 3 heterocycles. The van der Waals surface area contributed by atoms with Crippen LogP contribution in [0.1, 0.15) is 296 Å². The van der Waals surface area contributed by atoms with Crippen molar-refractivity contribution in [2.75, 3.05) is 27.2 Å². The van der Waals surface area contributed by atoms with Gasteiger partial charge in [0, 0.05) is 117 Å². The third kappa shape index (κ3) is 27.0. The molecule has 13 rings (SSSR count). The fourth-order valence-corrected chi connectivity index (χ4v) is 17.4. The van der Waals surface area contributed by atoms with Crippen molar-refractivity contribution < 1.29 is 125 Å². The molecule has 19 nitrogen and oxygen atoms in total. The summed E-state index contributed by atoms with van der Waals surface area (Å²) in [6, 6.07) is 39.8. The predicted octanol–water partition coefficient (Wildman–Crippen LogP) is 22.0. The molecule has 0 spiro atoms. The van der Waals surface area contributed by atoms with Gasteiger partial charge in [-0.1, -0.05) is 105 Å². The van der Waals surface area contributed by atoms with E-state index in [1.807, 2.05) is 36.4 Å². The number of carboxylic acid groups (broad SMARTS) is 1. The Bertz CT molecular complexity index is 5070. The van der Waals surface area contributed by atoms with E-state index < -0.39 is 64.9 Å². The van der Waals surface area contributed by atoms with Crippen molar-refractivity contribution in [3.05, 3.63) is 273 Å². The number of nitrogens with zero attached hydrogens (tertiary/aromatic N) is 7. The molecule has 5 amide bonds. The first-order valence-corrected chi connectivity index (χ1v) is 45.6. The fourth-order valence-electron chi connectivity index (χ4n) is 17.4. The summed E-state index contributed by atoms with van der Waals surface area (Å²) in [5, 5.41) is 57.6. The molecule has 6 N–H and O–H groups in total. The van der Waals surface area contributed by atoms with Crippen molar-refractivity contribution in [2.24, 2.45) is 5.92 Å². The molecule has 2 aromatic heterocycles. The van der Waals surface area contributed by atoms with Gasteiger partial charge in [0.1, 0.15) is 0 Å². The summed E-state index contributed by atoms with van der Waals surface area (Å²) >= 11 is 0. The lowest BCUT2D eigenvalue weighted by Crippen LogP contribution is -2.44. The highest BCUT2D eigenvalue weighted by Crippen LogP contribution is 2.46. The second-order valence-electron chi connectivity index (χ2n) is 36.7. The van der Waals surface area contributed by atoms with Gasteiger partial charge in [-0.2, -0.15) is 65.9 Å². The fraction of sp³-hybridized carbons (Fsp3) is 0.490. The molecule has 136 heavy (non-hydrogen) atoms. The van der Waals surface area contributed by atoms with Crippen molar-refractivity contribution in [3.63, 3.8) is 0 Å². The van der Waals surface area contributed by atoms with Crippen molar-refractivity contribution in [2.45, 2.75) is 285 Å². The predicted molar refractivity (Wildman–Crippen MR) is 481 cm³/mol. The highest BCUT2D eigenvalue weighted by molar-refractivity contribution is 5.97. The molecule has 1 unspecified atom stereocenters. The quantitative estimate of drug-likeness (QED) is 0.0345. The standard InChI is InChI=1S/2C22H25F3N2O2.C22H30F3NO2.C20H20F3NO4.C16H20F3NO2/c2*1-21(29,22(23,24)25)18-9-5-16(6-10-18)20(28)27(2)19-11-7-15(8-12-19)17-4-3-13-26-14-17;1-3-4-15-5-11-18(12-6-15)26(19-13-14-19)20(27)16-7-9-17(10-8-16)21(2,28)22(23,24)25;1-3-24(12-13-4-6-15(7-5-13)18(26)27)17(25)14-8-10-16(11-9-14)19(2,28)20(21,22)23;1-11-5-3-4-10-20(11)14(21)12-6-8-13(9-7-12)15(2,22)16(17,18)19/h2*3-6,9-10,13-15,19,29H,7-8,11-12H2,1-2H3;7-10,15,18-19,28H,3-6,11-14H2,1-2H3;4-11,28H,3,12H2,1-2H3,(H,26,27);6-9,11,22H,3-5,10H2,1-2H3/t2*15?,19?,21-;15?,18?,21-;;11-,15+/m000.1/s1. The van der Waals surface area contributed by atoms with Gasteiger partial charge in [-0.25, -0.2) is 4.79 Å². The van der Waals surface area contributed by atoms with Crippen LogP contribution in [0.25, 0.3) is 0 Å². The normalized spacial score (nSPS) is 21.0. The number of aromatic carboxylic acids is 1. The number of amides is 5. The van der Waals surface area contributed by atoms with E-state index in [4.69, 9.17) is 5.11 Å². The van der Waals surface area contributed by atoms with Crippen LogP contribution in [0.2, 0.25) is 0 Å². The summed E-state index contributed by atoms with van der Waals surface area (Å²) in [4.78, 5) is 91.6. The second-order valence-corrected chi connectivity index (χ2v) is 36.7. The number of aliphatic hydroxyl groups is 5. The third-order valence-electron chi connectivity index (χ3n) is 27.1. The van der Waals surface area contributed by atoms with Crippen molar-refractivity contribution >= 4 is 35.5 Å². The van der Waals surface area contributed by atoms with Crippen LogP contribution in [0.5, 0.6) is 0 Å². The van der Waals surface area contributed by atoms with Crippen LogP contribution >= 0.6 is 0 Å². The molecular weight excluding hydrogens is 1800 g/mol. The Balaban J connectivity index is 0.000000191. The van der Waals surface area contributed by atoms with Gasteiger partial charge in [0.2, 0.25) is 0 Å². The number of halogens is 15. The van der Waals surface area contributed by atoms with Gasteiger partial charge in [-0.3, -0.25) is 33.9 Å². The molecular formula is C102H120F15N7O12. The van der Waals surface area contributed by atoms with E-state index in [2.05, 4.69) is 29.0 Å². The van der Waals surface area contributed by atoms with Crippen LogP contribution in [0, 0.1) is 5.92 Å². The summed E-state index contributed by atoms with van der Waals surface area (Å²) in [5.41, 5.74) is -11.4. The van der Waals surface area contributed by atoms with Crippen molar-refractivity contribution in [1.29, 1.82) is 0 Å². The van der Waals surface area contributed by atoms with Crippen LogP contribution in [-0.4, -0.2) is 189 Å². The molecule has 8 aromatic rings. The summed E-state index contributed by atoms with van der Waals surface area (Å²) < 4.78 is 194. The number of piperidine rings is 1. The van der Waals surface area contributed by atoms with Crippen molar-refractivity contribution in [1.82, 2.24) is 34.5 Å². The van der Waals surface area contributed by atoms with Gasteiger partial charge < -0.3 is 55.1 Å². The Morgan fingerprint density at radius 2 is 0.676 bits per heavy atom. The first-order valence-electron chi connectivity index (χ1n) is 45.6. The van der Waals surface area contributed by atoms with Crippen LogP contribution in [0.3, 0.4) is 0 Å². The molecule has 6 aromatic carbocycles. The summed E-state index contributed by atoms with van der Waals surface area (Å²) in [7, 11) is 3.47. The van der Waals surface area contributed by atoms with Crippen LogP contribution in [0.4, 0.5) is 65.9 Å². The number of aromatic nitrogens is 2. The monoisotopic (exact) mass is 1920 g/mol.